The molecule has 0 bridgehead atoms. The molecule has 1 aromatic heterocycles. The number of H-pyrrole nitrogens is 1. The van der Waals surface area contributed by atoms with Crippen LogP contribution >= 0.6 is 0 Å². The molecule has 4 rings (SSSR count). The monoisotopic (exact) mass is 397 g/mol. The highest BCUT2D eigenvalue weighted by molar-refractivity contribution is 5.98. The van der Waals surface area contributed by atoms with Crippen molar-refractivity contribution in [3.05, 3.63) is 81.8 Å². The fourth-order valence-corrected chi connectivity index (χ4v) is 4.32. The van der Waals surface area contributed by atoms with Crippen LogP contribution in [0.2, 0.25) is 0 Å². The fraction of sp³-hybridized carbons (Fsp3) is 0.346. The lowest BCUT2D eigenvalue weighted by molar-refractivity contribution is 0.598. The van der Waals surface area contributed by atoms with Crippen LogP contribution in [0.1, 0.15) is 50.7 Å². The van der Waals surface area contributed by atoms with Crippen LogP contribution in [0.4, 0.5) is 0 Å². The maximum atomic E-state index is 12.3. The molecule has 0 saturated heterocycles. The van der Waals surface area contributed by atoms with Gasteiger partial charge in [-0.3, -0.25) is 9.79 Å². The number of nitrogens with one attached hydrogen (secondary N) is 1. The second-order valence-corrected chi connectivity index (χ2v) is 8.43. The molecule has 30 heavy (non-hydrogen) atoms. The number of fused-ring (bicyclic) bond motifs is 2. The average molecular weight is 398 g/mol. The van der Waals surface area contributed by atoms with Crippen LogP contribution in [0.3, 0.4) is 0 Å². The molecule has 2 heterocycles. The van der Waals surface area contributed by atoms with Gasteiger partial charge in [-0.2, -0.15) is 5.26 Å². The van der Waals surface area contributed by atoms with Crippen LogP contribution in [0.25, 0.3) is 10.9 Å². The number of aryl methyl sites for hydroxylation is 1. The van der Waals surface area contributed by atoms with Gasteiger partial charge in [0.2, 0.25) is 0 Å². The van der Waals surface area contributed by atoms with Crippen molar-refractivity contribution in [1.29, 1.82) is 5.26 Å². The van der Waals surface area contributed by atoms with Gasteiger partial charge in [0.25, 0.3) is 5.56 Å². The Morgan fingerprint density at radius 2 is 2.17 bits per heavy atom. The van der Waals surface area contributed by atoms with Gasteiger partial charge in [0.1, 0.15) is 0 Å². The minimum atomic E-state index is -0.725. The predicted molar refractivity (Wildman–Crippen MR) is 123 cm³/mol. The van der Waals surface area contributed by atoms with Gasteiger partial charge in [0.15, 0.2) is 0 Å². The number of pyridine rings is 1. The Labute approximate surface area is 177 Å². The first kappa shape index (κ1) is 20.1. The van der Waals surface area contributed by atoms with E-state index < -0.39 is 5.41 Å². The second kappa shape index (κ2) is 8.28. The lowest BCUT2D eigenvalue weighted by atomic mass is 9.79. The molecule has 0 saturated carbocycles. The minimum Gasteiger partial charge on any atom is -0.322 e. The predicted octanol–water partition coefficient (Wildman–Crippen LogP) is 5.51. The standard InChI is InChI=1S/C26H27N3O/c1-3-18-14-20-12-13-21(15-24(20)29-25(18)30)26(2,17-27)16-22-10-7-9-19-8-5-4-6-11-23(19)28-22/h4-6,10-15,19H,3,7-9,16H2,1-2H3,(H,29,30). The zero-order valence-electron chi connectivity index (χ0n) is 17.6. The Hall–Kier alpha value is -3.19. The highest BCUT2D eigenvalue weighted by atomic mass is 16.1. The molecular formula is C26H27N3O. The van der Waals surface area contributed by atoms with Crippen LogP contribution in [-0.2, 0) is 11.8 Å². The van der Waals surface area contributed by atoms with E-state index in [-0.39, 0.29) is 5.56 Å². The van der Waals surface area contributed by atoms with E-state index in [4.69, 9.17) is 4.99 Å². The molecule has 0 spiro atoms. The summed E-state index contributed by atoms with van der Waals surface area (Å²) in [6, 6.07) is 10.4. The van der Waals surface area contributed by atoms with Crippen molar-refractivity contribution in [2.75, 3.05) is 0 Å². The van der Waals surface area contributed by atoms with Gasteiger partial charge in [0.05, 0.1) is 11.5 Å². The number of rotatable bonds is 4. The number of benzene rings is 1. The van der Waals surface area contributed by atoms with Crippen molar-refractivity contribution in [3.8, 4) is 6.07 Å². The highest BCUT2D eigenvalue weighted by Crippen LogP contribution is 2.34. The average Bonchev–Trinajstić information content (AvgIpc) is 3.07. The quantitative estimate of drug-likeness (QED) is 0.739. The van der Waals surface area contributed by atoms with E-state index in [1.54, 1.807) is 0 Å². The maximum absolute atomic E-state index is 12.3. The summed E-state index contributed by atoms with van der Waals surface area (Å²) in [5, 5.41) is 11.1. The number of allylic oxidation sites excluding steroid dienone is 6. The summed E-state index contributed by atoms with van der Waals surface area (Å²) < 4.78 is 0. The van der Waals surface area contributed by atoms with E-state index in [0.717, 1.165) is 52.7 Å². The third-order valence-corrected chi connectivity index (χ3v) is 6.24. The summed E-state index contributed by atoms with van der Waals surface area (Å²) in [7, 11) is 0. The largest absolute Gasteiger partial charge is 0.322 e. The van der Waals surface area contributed by atoms with Crippen LogP contribution in [-0.4, -0.2) is 10.7 Å². The van der Waals surface area contributed by atoms with Gasteiger partial charge in [0, 0.05) is 34.8 Å². The Kier molecular flexibility index (Phi) is 5.55. The van der Waals surface area contributed by atoms with Crippen LogP contribution in [0.5, 0.6) is 0 Å². The topological polar surface area (TPSA) is 69.0 Å². The fourth-order valence-electron chi connectivity index (χ4n) is 4.32. The lowest BCUT2D eigenvalue weighted by Crippen LogP contribution is -2.21. The SMILES string of the molecule is CCc1cc2ccc(C(C)(C#N)CC3=CCCC4CC=CC=CC4=N3)cc2[nH]c1=O. The van der Waals surface area contributed by atoms with Gasteiger partial charge in [-0.25, -0.2) is 0 Å². The van der Waals surface area contributed by atoms with Crippen molar-refractivity contribution in [2.24, 2.45) is 10.9 Å². The number of nitrogens with zero attached hydrogens (tertiary/aromatic N) is 2. The molecule has 2 aliphatic rings. The summed E-state index contributed by atoms with van der Waals surface area (Å²) in [4.78, 5) is 20.2. The molecule has 0 amide bonds. The molecule has 1 aliphatic heterocycles. The zero-order chi connectivity index (χ0) is 21.1. The Bertz CT molecular complexity index is 1190. The van der Waals surface area contributed by atoms with Gasteiger partial charge in [-0.15, -0.1) is 0 Å². The molecule has 2 atom stereocenters. The third kappa shape index (κ3) is 3.93. The molecule has 4 heteroatoms. The van der Waals surface area contributed by atoms with Gasteiger partial charge < -0.3 is 4.98 Å². The number of hydrogen-bond donors (Lipinski definition) is 1. The summed E-state index contributed by atoms with van der Waals surface area (Å²) in [6.07, 6.45) is 14.9. The smallest absolute Gasteiger partial charge is 0.251 e. The highest BCUT2D eigenvalue weighted by Gasteiger charge is 2.29. The van der Waals surface area contributed by atoms with E-state index in [1.165, 1.54) is 0 Å². The Morgan fingerprint density at radius 1 is 1.30 bits per heavy atom. The number of aliphatic imine (C=N–C) groups is 1. The van der Waals surface area contributed by atoms with Crippen molar-refractivity contribution < 1.29 is 0 Å². The second-order valence-electron chi connectivity index (χ2n) is 8.43. The first-order chi connectivity index (χ1) is 14.5. The van der Waals surface area contributed by atoms with Gasteiger partial charge in [-0.1, -0.05) is 43.4 Å². The molecule has 1 aliphatic carbocycles. The zero-order valence-corrected chi connectivity index (χ0v) is 17.6. The molecule has 2 unspecified atom stereocenters. The summed E-state index contributed by atoms with van der Waals surface area (Å²) in [5.41, 5.74) is 3.75. The number of hydrogen-bond acceptors (Lipinski definition) is 3. The van der Waals surface area contributed by atoms with E-state index in [0.29, 0.717) is 18.8 Å². The summed E-state index contributed by atoms with van der Waals surface area (Å²) in [6.45, 7) is 3.93. The molecule has 2 aromatic rings. The maximum Gasteiger partial charge on any atom is 0.251 e. The normalized spacial score (nSPS) is 20.4. The van der Waals surface area contributed by atoms with Crippen molar-refractivity contribution >= 4 is 16.6 Å². The van der Waals surface area contributed by atoms with Gasteiger partial charge in [-0.05, 0) is 61.8 Å². The summed E-state index contributed by atoms with van der Waals surface area (Å²) in [5.74, 6) is 0.445. The van der Waals surface area contributed by atoms with Gasteiger partial charge >= 0.3 is 0 Å². The third-order valence-electron chi connectivity index (χ3n) is 6.24. The van der Waals surface area contributed by atoms with Crippen LogP contribution < -0.4 is 5.56 Å². The summed E-state index contributed by atoms with van der Waals surface area (Å²) >= 11 is 0. The van der Waals surface area contributed by atoms with E-state index in [1.807, 2.05) is 38.1 Å². The lowest BCUT2D eigenvalue weighted by Gasteiger charge is -2.23. The molecule has 152 valence electrons. The molecule has 4 nitrogen and oxygen atoms in total. The number of aromatic amines is 1. The minimum absolute atomic E-state index is 0.0570. The number of aromatic nitrogens is 1. The molecule has 1 aromatic carbocycles. The first-order valence-electron chi connectivity index (χ1n) is 10.7. The van der Waals surface area contributed by atoms with Crippen LogP contribution in [0.15, 0.2) is 70.1 Å². The van der Waals surface area contributed by atoms with E-state index in [9.17, 15) is 10.1 Å². The first-order valence-corrected chi connectivity index (χ1v) is 10.7. The van der Waals surface area contributed by atoms with E-state index >= 15 is 0 Å². The molecule has 0 fully saturated rings. The molecular weight excluding hydrogens is 370 g/mol. The Morgan fingerprint density at radius 3 is 2.97 bits per heavy atom. The molecule has 1 N–H and O–H groups in total. The van der Waals surface area contributed by atoms with Crippen molar-refractivity contribution in [3.63, 3.8) is 0 Å². The van der Waals surface area contributed by atoms with Crippen molar-refractivity contribution in [1.82, 2.24) is 4.98 Å². The Balaban J connectivity index is 1.68. The van der Waals surface area contributed by atoms with E-state index in [2.05, 4.69) is 41.4 Å². The van der Waals surface area contributed by atoms with Crippen molar-refractivity contribution in [2.45, 2.75) is 51.4 Å². The molecule has 0 radical (unpaired) electrons. The number of nitriles is 1. The van der Waals surface area contributed by atoms with Crippen LogP contribution in [0, 0.1) is 17.2 Å².